The van der Waals surface area contributed by atoms with E-state index in [4.69, 9.17) is 4.98 Å². The summed E-state index contributed by atoms with van der Waals surface area (Å²) >= 11 is 1.75. The summed E-state index contributed by atoms with van der Waals surface area (Å²) in [4.78, 5) is 4.77. The van der Waals surface area contributed by atoms with E-state index in [-0.39, 0.29) is 11.0 Å². The lowest BCUT2D eigenvalue weighted by atomic mass is 9.86. The molecule has 1 aromatic heterocycles. The highest BCUT2D eigenvalue weighted by atomic mass is 32.1. The molecule has 1 aromatic carbocycles. The Morgan fingerprint density at radius 3 is 2.18 bits per heavy atom. The number of rotatable bonds is 4. The fraction of sp³-hybridized carbons (Fsp3) is 0.526. The van der Waals surface area contributed by atoms with Crippen molar-refractivity contribution in [1.29, 1.82) is 0 Å². The van der Waals surface area contributed by atoms with Gasteiger partial charge in [0.25, 0.3) is 0 Å². The van der Waals surface area contributed by atoms with Gasteiger partial charge in [0.1, 0.15) is 0 Å². The van der Waals surface area contributed by atoms with Crippen molar-refractivity contribution < 1.29 is 0 Å². The third kappa shape index (κ3) is 4.92. The van der Waals surface area contributed by atoms with Crippen LogP contribution < -0.4 is 5.32 Å². The Hall–Kier alpha value is -1.19. The van der Waals surface area contributed by atoms with Gasteiger partial charge in [-0.2, -0.15) is 0 Å². The van der Waals surface area contributed by atoms with Gasteiger partial charge < -0.3 is 5.32 Å². The highest BCUT2D eigenvalue weighted by Crippen LogP contribution is 2.27. The molecule has 22 heavy (non-hydrogen) atoms. The molecular weight excluding hydrogens is 288 g/mol. The molecule has 0 spiro atoms. The minimum atomic E-state index is 0.170. The SMILES string of the molecule is CC(C)(C)NCCc1nc(-c2ccc(C(C)(C)C)cc2)cs1. The zero-order chi connectivity index (χ0) is 16.4. The standard InChI is InChI=1S/C19H28N2S/c1-18(2,3)15-9-7-14(8-10-15)16-13-22-17(21-16)11-12-20-19(4,5)6/h7-10,13,20H,11-12H2,1-6H3. The van der Waals surface area contributed by atoms with E-state index < -0.39 is 0 Å². The normalized spacial score (nSPS) is 12.6. The first-order valence-electron chi connectivity index (χ1n) is 7.95. The Morgan fingerprint density at radius 2 is 1.64 bits per heavy atom. The van der Waals surface area contributed by atoms with Crippen molar-refractivity contribution in [3.8, 4) is 11.3 Å². The summed E-state index contributed by atoms with van der Waals surface area (Å²) in [6.45, 7) is 14.3. The number of aromatic nitrogens is 1. The zero-order valence-corrected chi connectivity index (χ0v) is 15.5. The number of hydrogen-bond donors (Lipinski definition) is 1. The van der Waals surface area contributed by atoms with Gasteiger partial charge in [-0.25, -0.2) is 4.98 Å². The maximum atomic E-state index is 4.77. The molecule has 2 rings (SSSR count). The van der Waals surface area contributed by atoms with Crippen LogP contribution in [0.15, 0.2) is 29.6 Å². The van der Waals surface area contributed by atoms with E-state index in [1.165, 1.54) is 16.1 Å². The Labute approximate surface area is 139 Å². The molecule has 0 amide bonds. The average Bonchev–Trinajstić information content (AvgIpc) is 2.85. The second kappa shape index (κ2) is 6.51. The first-order valence-corrected chi connectivity index (χ1v) is 8.83. The van der Waals surface area contributed by atoms with Crippen LogP contribution in [0.4, 0.5) is 0 Å². The van der Waals surface area contributed by atoms with Gasteiger partial charge in [0.05, 0.1) is 10.7 Å². The molecule has 0 fully saturated rings. The summed E-state index contributed by atoms with van der Waals surface area (Å²) < 4.78 is 0. The van der Waals surface area contributed by atoms with Crippen LogP contribution in [0.3, 0.4) is 0 Å². The van der Waals surface area contributed by atoms with Crippen molar-refractivity contribution in [3.63, 3.8) is 0 Å². The predicted molar refractivity (Wildman–Crippen MR) is 97.7 cm³/mol. The Kier molecular flexibility index (Phi) is 5.08. The molecule has 0 saturated heterocycles. The van der Waals surface area contributed by atoms with E-state index in [1.807, 2.05) is 0 Å². The first-order chi connectivity index (χ1) is 10.1. The van der Waals surface area contributed by atoms with Crippen molar-refractivity contribution in [2.75, 3.05) is 6.54 Å². The molecule has 2 nitrogen and oxygen atoms in total. The summed E-state index contributed by atoms with van der Waals surface area (Å²) in [5, 5.41) is 6.88. The van der Waals surface area contributed by atoms with E-state index >= 15 is 0 Å². The molecule has 0 aliphatic heterocycles. The van der Waals surface area contributed by atoms with Gasteiger partial charge >= 0.3 is 0 Å². The van der Waals surface area contributed by atoms with Crippen LogP contribution >= 0.6 is 11.3 Å². The summed E-state index contributed by atoms with van der Waals surface area (Å²) in [7, 11) is 0. The van der Waals surface area contributed by atoms with Gasteiger partial charge in [-0.15, -0.1) is 11.3 Å². The molecule has 120 valence electrons. The zero-order valence-electron chi connectivity index (χ0n) is 14.7. The van der Waals surface area contributed by atoms with Crippen molar-refractivity contribution in [3.05, 3.63) is 40.2 Å². The van der Waals surface area contributed by atoms with E-state index in [9.17, 15) is 0 Å². The maximum Gasteiger partial charge on any atom is 0.0945 e. The van der Waals surface area contributed by atoms with Gasteiger partial charge in [-0.3, -0.25) is 0 Å². The second-order valence-electron chi connectivity index (χ2n) is 7.88. The molecule has 1 heterocycles. The van der Waals surface area contributed by atoms with Gasteiger partial charge in [-0.05, 0) is 31.7 Å². The van der Waals surface area contributed by atoms with Gasteiger partial charge in [0.15, 0.2) is 0 Å². The third-order valence-electron chi connectivity index (χ3n) is 3.59. The molecule has 2 aromatic rings. The molecule has 3 heteroatoms. The van der Waals surface area contributed by atoms with Crippen LogP contribution in [0.25, 0.3) is 11.3 Å². The van der Waals surface area contributed by atoms with Crippen molar-refractivity contribution in [2.24, 2.45) is 0 Å². The molecule has 0 aliphatic carbocycles. The smallest absolute Gasteiger partial charge is 0.0945 e. The molecular formula is C19H28N2S. The van der Waals surface area contributed by atoms with Gasteiger partial charge in [-0.1, -0.05) is 45.0 Å². The second-order valence-corrected chi connectivity index (χ2v) is 8.82. The van der Waals surface area contributed by atoms with Crippen LogP contribution in [0.1, 0.15) is 52.1 Å². The topological polar surface area (TPSA) is 24.9 Å². The maximum absolute atomic E-state index is 4.77. The summed E-state index contributed by atoms with van der Waals surface area (Å²) in [6, 6.07) is 8.81. The number of nitrogens with one attached hydrogen (secondary N) is 1. The Balaban J connectivity index is 2.02. The average molecular weight is 317 g/mol. The third-order valence-corrected chi connectivity index (χ3v) is 4.50. The van der Waals surface area contributed by atoms with Gasteiger partial charge in [0, 0.05) is 29.4 Å². The van der Waals surface area contributed by atoms with Crippen LogP contribution in [-0.2, 0) is 11.8 Å². The largest absolute Gasteiger partial charge is 0.312 e. The number of thiazole rings is 1. The van der Waals surface area contributed by atoms with Crippen LogP contribution in [0.2, 0.25) is 0 Å². The molecule has 0 saturated carbocycles. The lowest BCUT2D eigenvalue weighted by Gasteiger charge is -2.19. The fourth-order valence-corrected chi connectivity index (χ4v) is 3.05. The quantitative estimate of drug-likeness (QED) is 0.855. The van der Waals surface area contributed by atoms with E-state index in [2.05, 4.69) is 76.5 Å². The monoisotopic (exact) mass is 316 g/mol. The molecule has 0 atom stereocenters. The molecule has 1 N–H and O–H groups in total. The minimum absolute atomic E-state index is 0.170. The van der Waals surface area contributed by atoms with Crippen LogP contribution in [0, 0.1) is 0 Å². The molecule has 0 radical (unpaired) electrons. The summed E-state index contributed by atoms with van der Waals surface area (Å²) in [5.74, 6) is 0. The lowest BCUT2D eigenvalue weighted by Crippen LogP contribution is -2.37. The first kappa shape index (κ1) is 17.2. The summed E-state index contributed by atoms with van der Waals surface area (Å²) in [6.07, 6.45) is 0.988. The van der Waals surface area contributed by atoms with Crippen molar-refractivity contribution in [1.82, 2.24) is 10.3 Å². The number of nitrogens with zero attached hydrogens (tertiary/aromatic N) is 1. The Morgan fingerprint density at radius 1 is 1.00 bits per heavy atom. The summed E-state index contributed by atoms with van der Waals surface area (Å²) in [5.41, 5.74) is 4.03. The fourth-order valence-electron chi connectivity index (χ4n) is 2.24. The lowest BCUT2D eigenvalue weighted by molar-refractivity contribution is 0.429. The van der Waals surface area contributed by atoms with E-state index in [0.29, 0.717) is 0 Å². The van der Waals surface area contributed by atoms with Crippen LogP contribution in [-0.4, -0.2) is 17.1 Å². The van der Waals surface area contributed by atoms with Crippen molar-refractivity contribution >= 4 is 11.3 Å². The number of hydrogen-bond acceptors (Lipinski definition) is 3. The highest BCUT2D eigenvalue weighted by Gasteiger charge is 2.14. The Bertz CT molecular complexity index is 598. The van der Waals surface area contributed by atoms with E-state index in [0.717, 1.165) is 18.7 Å². The molecule has 0 unspecified atom stereocenters. The molecule has 0 aliphatic rings. The minimum Gasteiger partial charge on any atom is -0.312 e. The van der Waals surface area contributed by atoms with Gasteiger partial charge in [0.2, 0.25) is 0 Å². The molecule has 0 bridgehead atoms. The van der Waals surface area contributed by atoms with Crippen molar-refractivity contribution in [2.45, 2.75) is 58.9 Å². The van der Waals surface area contributed by atoms with Crippen LogP contribution in [0.5, 0.6) is 0 Å². The van der Waals surface area contributed by atoms with E-state index in [1.54, 1.807) is 11.3 Å². The highest BCUT2D eigenvalue weighted by molar-refractivity contribution is 7.09. The predicted octanol–water partition coefficient (Wildman–Crippen LogP) is 5.04. The number of benzene rings is 1.